The maximum Gasteiger partial charge on any atom is 0.124 e. The summed E-state index contributed by atoms with van der Waals surface area (Å²) in [6.07, 6.45) is 1.52. The molecule has 0 aliphatic rings. The first kappa shape index (κ1) is 10.3. The molecule has 1 aromatic rings. The fourth-order valence-corrected chi connectivity index (χ4v) is 0.856. The quantitative estimate of drug-likeness (QED) is 0.557. The molecule has 0 heterocycles. The second-order valence-corrected chi connectivity index (χ2v) is 2.99. The molecule has 1 rings (SSSR count). The lowest BCUT2D eigenvalue weighted by Crippen LogP contribution is -1.84. The van der Waals surface area contributed by atoms with Gasteiger partial charge in [0.15, 0.2) is 0 Å². The molecule has 0 aromatic heterocycles. The monoisotopic (exact) mass is 191 g/mol. The van der Waals surface area contributed by atoms with Crippen LogP contribution in [-0.4, -0.2) is 16.4 Å². The maximum atomic E-state index is 9.39. The molecule has 0 saturated heterocycles. The Labute approximate surface area is 83.1 Å². The van der Waals surface area contributed by atoms with Crippen LogP contribution in [0.4, 0.5) is 0 Å². The van der Waals surface area contributed by atoms with E-state index in [2.05, 4.69) is 4.99 Å². The molecule has 0 aliphatic heterocycles. The van der Waals surface area contributed by atoms with Gasteiger partial charge in [-0.05, 0) is 26.0 Å². The number of phenols is 1. The number of nitrogens with zero attached hydrogens (tertiary/aromatic N) is 1. The molecule has 0 spiro atoms. The highest BCUT2D eigenvalue weighted by atomic mass is 16.3. The predicted molar refractivity (Wildman–Crippen MR) is 56.7 cm³/mol. The summed E-state index contributed by atoms with van der Waals surface area (Å²) >= 11 is 0. The number of rotatable bonds is 2. The van der Waals surface area contributed by atoms with Crippen LogP contribution in [0.5, 0.6) is 5.75 Å². The van der Waals surface area contributed by atoms with Crippen LogP contribution >= 0.6 is 0 Å². The lowest BCUT2D eigenvalue weighted by atomic mass is 10.2. The zero-order valence-corrected chi connectivity index (χ0v) is 8.23. The number of aromatic hydroxyl groups is 1. The van der Waals surface area contributed by atoms with Gasteiger partial charge in [0.2, 0.25) is 0 Å². The first-order chi connectivity index (χ1) is 6.61. The smallest absolute Gasteiger partial charge is 0.124 e. The largest absolute Gasteiger partial charge is 0.511 e. The lowest BCUT2D eigenvalue weighted by Gasteiger charge is -1.97. The van der Waals surface area contributed by atoms with E-state index in [-0.39, 0.29) is 11.5 Å². The van der Waals surface area contributed by atoms with Gasteiger partial charge in [-0.2, -0.15) is 0 Å². The standard InChI is InChI=1S/C11H13NO2/c1-8(9(2)13)12-7-10-5-3-4-6-11(10)14/h3-7,13-14H,1-2H3/b9-8-,12-7?. The van der Waals surface area contributed by atoms with Crippen molar-refractivity contribution in [2.75, 3.05) is 0 Å². The van der Waals surface area contributed by atoms with Crippen molar-refractivity contribution in [2.45, 2.75) is 13.8 Å². The van der Waals surface area contributed by atoms with Crippen LogP contribution in [0, 0.1) is 0 Å². The predicted octanol–water partition coefficient (Wildman–Crippen LogP) is 2.62. The number of benzene rings is 1. The van der Waals surface area contributed by atoms with Gasteiger partial charge >= 0.3 is 0 Å². The Morgan fingerprint density at radius 1 is 1.29 bits per heavy atom. The second-order valence-electron chi connectivity index (χ2n) is 2.99. The molecule has 1 aromatic carbocycles. The van der Waals surface area contributed by atoms with Crippen molar-refractivity contribution in [1.82, 2.24) is 0 Å². The van der Waals surface area contributed by atoms with Gasteiger partial charge < -0.3 is 10.2 Å². The van der Waals surface area contributed by atoms with Gasteiger partial charge in [0.05, 0.1) is 5.70 Å². The molecule has 2 N–H and O–H groups in total. The molecule has 14 heavy (non-hydrogen) atoms. The highest BCUT2D eigenvalue weighted by Crippen LogP contribution is 2.13. The first-order valence-corrected chi connectivity index (χ1v) is 4.30. The third-order valence-electron chi connectivity index (χ3n) is 1.86. The Morgan fingerprint density at radius 3 is 2.50 bits per heavy atom. The fourth-order valence-electron chi connectivity index (χ4n) is 0.856. The van der Waals surface area contributed by atoms with Crippen LogP contribution < -0.4 is 0 Å². The summed E-state index contributed by atoms with van der Waals surface area (Å²) < 4.78 is 0. The topological polar surface area (TPSA) is 52.8 Å². The minimum atomic E-state index is 0.177. The van der Waals surface area contributed by atoms with Crippen LogP contribution in [0.2, 0.25) is 0 Å². The van der Waals surface area contributed by atoms with Gasteiger partial charge in [0, 0.05) is 11.8 Å². The molecule has 0 amide bonds. The zero-order valence-electron chi connectivity index (χ0n) is 8.23. The van der Waals surface area contributed by atoms with Crippen molar-refractivity contribution in [3.8, 4) is 5.75 Å². The summed E-state index contributed by atoms with van der Waals surface area (Å²) in [5, 5.41) is 18.5. The molecule has 74 valence electrons. The number of aliphatic hydroxyl groups excluding tert-OH is 1. The summed E-state index contributed by atoms with van der Waals surface area (Å²) in [4.78, 5) is 4.00. The van der Waals surface area contributed by atoms with Gasteiger partial charge in [-0.3, -0.25) is 4.99 Å². The summed E-state index contributed by atoms with van der Waals surface area (Å²) in [6, 6.07) is 6.89. The van der Waals surface area contributed by atoms with E-state index < -0.39 is 0 Å². The van der Waals surface area contributed by atoms with Gasteiger partial charge in [-0.1, -0.05) is 12.1 Å². The average molecular weight is 191 g/mol. The molecule has 3 heteroatoms. The number of aliphatic imine (C=N–C) groups is 1. The normalized spacial score (nSPS) is 13.0. The summed E-state index contributed by atoms with van der Waals surface area (Å²) in [6.45, 7) is 3.27. The van der Waals surface area contributed by atoms with E-state index in [9.17, 15) is 5.11 Å². The van der Waals surface area contributed by atoms with Crippen molar-refractivity contribution >= 4 is 6.21 Å². The minimum absolute atomic E-state index is 0.177. The van der Waals surface area contributed by atoms with Crippen molar-refractivity contribution in [1.29, 1.82) is 0 Å². The average Bonchev–Trinajstić information content (AvgIpc) is 2.16. The zero-order chi connectivity index (χ0) is 10.6. The van der Waals surface area contributed by atoms with Crippen LogP contribution in [0.1, 0.15) is 19.4 Å². The molecular weight excluding hydrogens is 178 g/mol. The Hall–Kier alpha value is -1.77. The van der Waals surface area contributed by atoms with E-state index in [1.165, 1.54) is 6.21 Å². The van der Waals surface area contributed by atoms with Gasteiger partial charge in [0.1, 0.15) is 11.5 Å². The fraction of sp³-hybridized carbons (Fsp3) is 0.182. The summed E-state index contributed by atoms with van der Waals surface area (Å²) in [5.74, 6) is 0.358. The molecule has 0 radical (unpaired) electrons. The maximum absolute atomic E-state index is 9.39. The van der Waals surface area contributed by atoms with Crippen molar-refractivity contribution < 1.29 is 10.2 Å². The number of hydrogen-bond donors (Lipinski definition) is 2. The van der Waals surface area contributed by atoms with Crippen LogP contribution in [-0.2, 0) is 0 Å². The Bertz CT molecular complexity index is 377. The Morgan fingerprint density at radius 2 is 1.93 bits per heavy atom. The lowest BCUT2D eigenvalue weighted by molar-refractivity contribution is 0.406. The first-order valence-electron chi connectivity index (χ1n) is 4.30. The van der Waals surface area contributed by atoms with Crippen LogP contribution in [0.15, 0.2) is 40.7 Å². The Kier molecular flexibility index (Phi) is 3.29. The van der Waals surface area contributed by atoms with Gasteiger partial charge in [-0.15, -0.1) is 0 Å². The van der Waals surface area contributed by atoms with Crippen molar-refractivity contribution in [3.63, 3.8) is 0 Å². The molecule has 0 saturated carbocycles. The van der Waals surface area contributed by atoms with Crippen molar-refractivity contribution in [2.24, 2.45) is 4.99 Å². The van der Waals surface area contributed by atoms with Gasteiger partial charge in [-0.25, -0.2) is 0 Å². The molecule has 0 fully saturated rings. The minimum Gasteiger partial charge on any atom is -0.511 e. The molecule has 0 aliphatic carbocycles. The number of para-hydroxylation sites is 1. The van der Waals surface area contributed by atoms with Crippen LogP contribution in [0.25, 0.3) is 0 Å². The number of phenolic OH excluding ortho intramolecular Hbond substituents is 1. The summed E-state index contributed by atoms with van der Waals surface area (Å²) in [7, 11) is 0. The third-order valence-corrected chi connectivity index (χ3v) is 1.86. The van der Waals surface area contributed by atoms with E-state index in [0.717, 1.165) is 0 Å². The molecular formula is C11H13NO2. The molecule has 3 nitrogen and oxygen atoms in total. The van der Waals surface area contributed by atoms with Crippen molar-refractivity contribution in [3.05, 3.63) is 41.3 Å². The summed E-state index contributed by atoms with van der Waals surface area (Å²) in [5.41, 5.74) is 1.17. The van der Waals surface area contributed by atoms with E-state index in [0.29, 0.717) is 11.3 Å². The number of aliphatic hydroxyl groups is 1. The van der Waals surface area contributed by atoms with E-state index >= 15 is 0 Å². The van der Waals surface area contributed by atoms with E-state index in [1.807, 2.05) is 6.07 Å². The third kappa shape index (κ3) is 2.62. The number of allylic oxidation sites excluding steroid dienone is 2. The molecule has 0 unspecified atom stereocenters. The van der Waals surface area contributed by atoms with Crippen LogP contribution in [0.3, 0.4) is 0 Å². The highest BCUT2D eigenvalue weighted by Gasteiger charge is 1.95. The van der Waals surface area contributed by atoms with Gasteiger partial charge in [0.25, 0.3) is 0 Å². The van der Waals surface area contributed by atoms with E-state index in [1.54, 1.807) is 32.0 Å². The number of hydrogen-bond acceptors (Lipinski definition) is 3. The van der Waals surface area contributed by atoms with E-state index in [4.69, 9.17) is 5.11 Å². The molecule has 0 bridgehead atoms. The second kappa shape index (κ2) is 4.46. The molecule has 0 atom stereocenters. The SMILES string of the molecule is C/C(O)=C(\C)N=Cc1ccccc1O. The Balaban J connectivity index is 2.90. The highest BCUT2D eigenvalue weighted by molar-refractivity contribution is 5.83.